The molecule has 0 aliphatic carbocycles. The van der Waals surface area contributed by atoms with Crippen LogP contribution in [-0.2, 0) is 19.0 Å². The number of aliphatic hydroxyl groups excluding tert-OH is 3. The Balaban J connectivity index is 2.28. The van der Waals surface area contributed by atoms with Gasteiger partial charge in [-0.05, 0) is 6.42 Å². The molecular weight excluding hydrogens is 342 g/mol. The molecule has 1 fully saturated rings. The number of carbonyl (C=O) groups excluding carboxylic acids is 1. The minimum Gasteiger partial charge on any atom is -0.394 e. The van der Waals surface area contributed by atoms with Gasteiger partial charge in [0.15, 0.2) is 6.29 Å². The van der Waals surface area contributed by atoms with E-state index in [-0.39, 0.29) is 12.5 Å². The summed E-state index contributed by atoms with van der Waals surface area (Å²) in [6.45, 7) is 4.29. The second-order valence-corrected chi connectivity index (χ2v) is 6.68. The molecule has 5 atom stereocenters. The van der Waals surface area contributed by atoms with Crippen molar-refractivity contribution in [3.05, 3.63) is 0 Å². The molecule has 1 heterocycles. The van der Waals surface area contributed by atoms with E-state index in [1.807, 2.05) is 0 Å². The van der Waals surface area contributed by atoms with Gasteiger partial charge in [0.05, 0.1) is 19.8 Å². The summed E-state index contributed by atoms with van der Waals surface area (Å²) in [6.07, 6.45) is 2.64. The molecule has 0 aromatic rings. The number of nitrogens with one attached hydrogen (secondary N) is 1. The highest BCUT2D eigenvalue weighted by Crippen LogP contribution is 2.22. The Morgan fingerprint density at radius 2 is 1.73 bits per heavy atom. The van der Waals surface area contributed by atoms with Gasteiger partial charge in [-0.2, -0.15) is 0 Å². The fraction of sp³-hybridized carbons (Fsp3) is 0.944. The molecule has 1 saturated heterocycles. The maximum absolute atomic E-state index is 11.3. The van der Waals surface area contributed by atoms with E-state index in [0.29, 0.717) is 13.2 Å². The summed E-state index contributed by atoms with van der Waals surface area (Å²) in [4.78, 5) is 11.3. The van der Waals surface area contributed by atoms with E-state index in [1.54, 1.807) is 0 Å². The van der Waals surface area contributed by atoms with Crippen LogP contribution in [0.5, 0.6) is 0 Å². The molecule has 1 aliphatic heterocycles. The molecule has 154 valence electrons. The normalized spacial score (nSPS) is 28.9. The van der Waals surface area contributed by atoms with Crippen molar-refractivity contribution in [2.24, 2.45) is 0 Å². The number of carbonyl (C=O) groups is 1. The van der Waals surface area contributed by atoms with Crippen molar-refractivity contribution in [2.45, 2.75) is 83.0 Å². The summed E-state index contributed by atoms with van der Waals surface area (Å²) >= 11 is 0. The van der Waals surface area contributed by atoms with Crippen LogP contribution < -0.4 is 5.32 Å². The van der Waals surface area contributed by atoms with E-state index < -0.39 is 37.3 Å². The van der Waals surface area contributed by atoms with Crippen LogP contribution >= 0.6 is 0 Å². The van der Waals surface area contributed by atoms with Gasteiger partial charge in [0.25, 0.3) is 0 Å². The van der Waals surface area contributed by atoms with Crippen LogP contribution in [0.15, 0.2) is 0 Å². The number of hydrogen-bond donors (Lipinski definition) is 4. The smallest absolute Gasteiger partial charge is 0.217 e. The molecule has 1 amide bonds. The minimum atomic E-state index is -1.30. The largest absolute Gasteiger partial charge is 0.394 e. The molecule has 0 spiro atoms. The zero-order valence-corrected chi connectivity index (χ0v) is 15.9. The van der Waals surface area contributed by atoms with Crippen LogP contribution in [-0.4, -0.2) is 78.3 Å². The molecule has 4 N–H and O–H groups in total. The van der Waals surface area contributed by atoms with Crippen LogP contribution in [0.4, 0.5) is 0 Å². The first kappa shape index (κ1) is 23.3. The van der Waals surface area contributed by atoms with Gasteiger partial charge in [0.2, 0.25) is 5.91 Å². The Hall–Kier alpha value is -0.770. The Kier molecular flexibility index (Phi) is 12.0. The lowest BCUT2D eigenvalue weighted by Gasteiger charge is -2.42. The SMILES string of the molecule is CCCCCCCCOCCO[C@H]1O[C@H](CO)[C@@H](O)[C@H](O)[C@H]1NC(C)=O. The van der Waals surface area contributed by atoms with Crippen molar-refractivity contribution >= 4 is 5.91 Å². The molecule has 1 aliphatic rings. The average Bonchev–Trinajstić information content (AvgIpc) is 2.62. The third-order valence-electron chi connectivity index (χ3n) is 4.40. The second kappa shape index (κ2) is 13.4. The molecule has 0 saturated carbocycles. The number of aliphatic hydroxyl groups is 3. The molecule has 8 heteroatoms. The first-order chi connectivity index (χ1) is 12.5. The molecule has 0 radical (unpaired) electrons. The van der Waals surface area contributed by atoms with Crippen molar-refractivity contribution in [2.75, 3.05) is 26.4 Å². The van der Waals surface area contributed by atoms with Gasteiger partial charge in [-0.25, -0.2) is 0 Å². The number of unbranched alkanes of at least 4 members (excludes halogenated alkanes) is 5. The van der Waals surface area contributed by atoms with Gasteiger partial charge in [-0.3, -0.25) is 4.79 Å². The Morgan fingerprint density at radius 1 is 1.04 bits per heavy atom. The summed E-state index contributed by atoms with van der Waals surface area (Å²) in [5.74, 6) is -0.375. The molecule has 26 heavy (non-hydrogen) atoms. The average molecular weight is 377 g/mol. The van der Waals surface area contributed by atoms with Gasteiger partial charge in [0, 0.05) is 13.5 Å². The van der Waals surface area contributed by atoms with Crippen LogP contribution in [0.25, 0.3) is 0 Å². The fourth-order valence-electron chi connectivity index (χ4n) is 2.92. The topological polar surface area (TPSA) is 117 Å². The predicted molar refractivity (Wildman–Crippen MR) is 95.5 cm³/mol. The first-order valence-electron chi connectivity index (χ1n) is 9.60. The van der Waals surface area contributed by atoms with E-state index in [2.05, 4.69) is 12.2 Å². The lowest BCUT2D eigenvalue weighted by atomic mass is 9.97. The monoisotopic (exact) mass is 377 g/mol. The molecule has 0 bridgehead atoms. The number of ether oxygens (including phenoxy) is 3. The van der Waals surface area contributed by atoms with Crippen LogP contribution in [0.1, 0.15) is 52.4 Å². The van der Waals surface area contributed by atoms with E-state index >= 15 is 0 Å². The van der Waals surface area contributed by atoms with E-state index in [4.69, 9.17) is 14.2 Å². The third-order valence-corrected chi connectivity index (χ3v) is 4.40. The fourth-order valence-corrected chi connectivity index (χ4v) is 2.92. The van der Waals surface area contributed by atoms with Crippen molar-refractivity contribution in [1.82, 2.24) is 5.32 Å². The van der Waals surface area contributed by atoms with Crippen LogP contribution in [0, 0.1) is 0 Å². The predicted octanol–water partition coefficient (Wildman–Crippen LogP) is 0.324. The van der Waals surface area contributed by atoms with Gasteiger partial charge in [-0.15, -0.1) is 0 Å². The summed E-state index contributed by atoms with van der Waals surface area (Å²) in [5, 5.41) is 31.8. The summed E-state index contributed by atoms with van der Waals surface area (Å²) in [7, 11) is 0. The maximum Gasteiger partial charge on any atom is 0.217 e. The van der Waals surface area contributed by atoms with Crippen molar-refractivity contribution in [3.8, 4) is 0 Å². The highest BCUT2D eigenvalue weighted by Gasteiger charge is 2.45. The van der Waals surface area contributed by atoms with Gasteiger partial charge in [0.1, 0.15) is 24.4 Å². The minimum absolute atomic E-state index is 0.220. The van der Waals surface area contributed by atoms with Crippen molar-refractivity contribution in [3.63, 3.8) is 0 Å². The highest BCUT2D eigenvalue weighted by molar-refractivity contribution is 5.73. The zero-order chi connectivity index (χ0) is 19.4. The highest BCUT2D eigenvalue weighted by atomic mass is 16.7. The third kappa shape index (κ3) is 8.28. The zero-order valence-electron chi connectivity index (χ0n) is 15.9. The Labute approximate surface area is 155 Å². The summed E-state index contributed by atoms with van der Waals surface area (Å²) < 4.78 is 16.5. The molecule has 1 rings (SSSR count). The lowest BCUT2D eigenvalue weighted by molar-refractivity contribution is -0.272. The molecule has 0 aromatic carbocycles. The number of hydrogen-bond acceptors (Lipinski definition) is 7. The lowest BCUT2D eigenvalue weighted by Crippen LogP contribution is -2.64. The summed E-state index contributed by atoms with van der Waals surface area (Å²) in [6, 6.07) is -0.913. The molecule has 0 aromatic heterocycles. The van der Waals surface area contributed by atoms with E-state index in [0.717, 1.165) is 12.8 Å². The van der Waals surface area contributed by atoms with E-state index in [9.17, 15) is 20.1 Å². The first-order valence-corrected chi connectivity index (χ1v) is 9.60. The molecule has 0 unspecified atom stereocenters. The standard InChI is InChI=1S/C18H35NO7/c1-3-4-5-6-7-8-9-24-10-11-25-18-15(19-13(2)21)17(23)16(22)14(12-20)26-18/h14-18,20,22-23H,3-12H2,1-2H3,(H,19,21)/t14-,15-,16-,17-,18+/m1/s1. The van der Waals surface area contributed by atoms with Crippen molar-refractivity contribution < 1.29 is 34.3 Å². The Bertz CT molecular complexity index is 383. The van der Waals surface area contributed by atoms with Gasteiger partial charge < -0.3 is 34.8 Å². The summed E-state index contributed by atoms with van der Waals surface area (Å²) in [5.41, 5.74) is 0. The quantitative estimate of drug-likeness (QED) is 0.342. The Morgan fingerprint density at radius 3 is 2.38 bits per heavy atom. The van der Waals surface area contributed by atoms with Crippen LogP contribution in [0.3, 0.4) is 0 Å². The van der Waals surface area contributed by atoms with Gasteiger partial charge >= 0.3 is 0 Å². The number of amides is 1. The maximum atomic E-state index is 11.3. The van der Waals surface area contributed by atoms with Crippen LogP contribution in [0.2, 0.25) is 0 Å². The van der Waals surface area contributed by atoms with E-state index in [1.165, 1.54) is 32.6 Å². The van der Waals surface area contributed by atoms with Gasteiger partial charge in [-0.1, -0.05) is 39.0 Å². The second-order valence-electron chi connectivity index (χ2n) is 6.68. The molecular formula is C18H35NO7. The number of rotatable bonds is 13. The molecule has 8 nitrogen and oxygen atoms in total. The van der Waals surface area contributed by atoms with Crippen molar-refractivity contribution in [1.29, 1.82) is 0 Å².